The summed E-state index contributed by atoms with van der Waals surface area (Å²) in [7, 11) is 8.09. The highest BCUT2D eigenvalue weighted by molar-refractivity contribution is 5.96. The second-order valence-electron chi connectivity index (χ2n) is 33.4. The number of pyridine rings is 1. The van der Waals surface area contributed by atoms with Crippen LogP contribution in [-0.2, 0) is 58.0 Å². The van der Waals surface area contributed by atoms with E-state index in [1.165, 1.54) is 53.1 Å². The Balaban J connectivity index is 0.000000137. The predicted octanol–water partition coefficient (Wildman–Crippen LogP) is 9.26. The highest BCUT2D eigenvalue weighted by Gasteiger charge is 2.39. The number of fused-ring (bicyclic) bond motifs is 6. The summed E-state index contributed by atoms with van der Waals surface area (Å²) in [5, 5.41) is 34.6. The average molecular weight is 1660 g/mol. The van der Waals surface area contributed by atoms with Gasteiger partial charge in [-0.15, -0.1) is 5.10 Å². The van der Waals surface area contributed by atoms with Gasteiger partial charge in [0.25, 0.3) is 0 Å². The van der Waals surface area contributed by atoms with E-state index in [-0.39, 0.29) is 48.7 Å². The fourth-order valence-electron chi connectivity index (χ4n) is 19.2. The summed E-state index contributed by atoms with van der Waals surface area (Å²) in [6.07, 6.45) is 19.3. The molecule has 0 aliphatic carbocycles. The molecule has 5 aromatic heterocycles. The van der Waals surface area contributed by atoms with Crippen molar-refractivity contribution in [3.63, 3.8) is 0 Å². The highest BCUT2D eigenvalue weighted by atomic mass is 16.5. The van der Waals surface area contributed by atoms with Crippen molar-refractivity contribution in [2.24, 2.45) is 0 Å². The second-order valence-corrected chi connectivity index (χ2v) is 33.4. The van der Waals surface area contributed by atoms with Gasteiger partial charge in [-0.25, -0.2) is 0 Å². The Morgan fingerprint density at radius 2 is 0.829 bits per heavy atom. The molecule has 0 radical (unpaired) electrons. The van der Waals surface area contributed by atoms with Crippen LogP contribution in [0.1, 0.15) is 85.1 Å². The zero-order valence-electron chi connectivity index (χ0n) is 71.2. The van der Waals surface area contributed by atoms with E-state index in [0.29, 0.717) is 141 Å². The number of nitriles is 2. The first-order chi connectivity index (χ1) is 60.2. The lowest BCUT2D eigenvalue weighted by Gasteiger charge is -2.42. The molecule has 3 unspecified atom stereocenters. The molecule has 9 aliphatic heterocycles. The molecule has 30 nitrogen and oxygen atoms in total. The number of amides is 3. The number of carbonyl (C=O) groups is 3. The van der Waals surface area contributed by atoms with Gasteiger partial charge in [-0.05, 0) is 146 Å². The zero-order chi connectivity index (χ0) is 85.0. The topological polar surface area (TPSA) is 291 Å². The summed E-state index contributed by atoms with van der Waals surface area (Å²) in [6.45, 7) is 25.8. The first-order valence-corrected chi connectivity index (χ1v) is 43.4. The monoisotopic (exact) mass is 1660 g/mol. The van der Waals surface area contributed by atoms with Crippen molar-refractivity contribution in [1.82, 2.24) is 74.5 Å². The van der Waals surface area contributed by atoms with Crippen LogP contribution in [0, 0.1) is 22.7 Å². The molecule has 6 atom stereocenters. The predicted molar refractivity (Wildman–Crippen MR) is 475 cm³/mol. The maximum Gasteiger partial charge on any atom is 0.318 e. The van der Waals surface area contributed by atoms with Crippen LogP contribution in [0.3, 0.4) is 0 Å². The standard InChI is InChI=1S/C32H40N6O3.C31H36N8O2.C30H35N9O2/c1-4-30(39)38-18-17-37(19-25(38)21-40-3)31-27-14-16-36(29-13-7-10-23-9-5-6-12-26(23)29)20-28(27)33-32(34-31)41-22-24-11-8-15-35(24)2;1-3-29(40)39-17-16-38(19-23(39)9-12-32)30-25-11-15-37(28-8-4-6-22-10-13-33-18-26(22)28)20-27(25)34-31(35-30)41-21-24-7-5-14-36(24)2;1-3-27(40)39-16-15-38(18-22(39)10-12-31)28-25-11-14-37(29-24-9-5-4-7-21(24)17-32-35-29)19-26(25)33-30(34-28)41-20-23-8-6-13-36(23)2/h4-7,9-10,12-13,24-25H,1,8,11,14-22H2,2-3H3;3-4,6,8,10,13,18,23-24H,1,5,7,9,11,14-17,19-21H2,2H3;3-5,7,9,17,22-23H,1,6,8,10-11,13-16,18-20H2,2H3/t24-,25?;23?,24-;22?,23-/m000/s1. The molecular formula is C93H111N23O7. The van der Waals surface area contributed by atoms with E-state index in [1.54, 1.807) is 23.1 Å². The van der Waals surface area contributed by atoms with Gasteiger partial charge in [0.2, 0.25) is 17.7 Å². The Labute approximate surface area is 719 Å². The molecule has 0 saturated carbocycles. The Morgan fingerprint density at radius 1 is 0.423 bits per heavy atom. The molecule has 14 heterocycles. The minimum absolute atomic E-state index is 0.0631. The number of anilines is 6. The SMILES string of the molecule is C=CC(=O)N1CCN(c2nc(OC[C@@H]3CCCN3C)nc3c2CCN(c2cccc4ccccc24)C3)CC1COC.C=CC(=O)N1CCN(c2nc(OC[C@@H]3CCCN3C)nc3c2CCN(c2cccc4ccncc24)C3)CC1CC#N.C=CC(=O)N1CCN(c2nc(OC[C@@H]3CCCN3C)nc3c2CCN(c2nncc4ccccc24)C3)CC1CC#N. The highest BCUT2D eigenvalue weighted by Crippen LogP contribution is 2.40. The van der Waals surface area contributed by atoms with Crippen molar-refractivity contribution in [1.29, 1.82) is 10.5 Å². The molecule has 3 amide bonds. The van der Waals surface area contributed by atoms with Gasteiger partial charge in [0.05, 0.1) is 92.6 Å². The molecule has 6 saturated heterocycles. The average Bonchev–Trinajstić information content (AvgIpc) is 1.52. The van der Waals surface area contributed by atoms with E-state index >= 15 is 0 Å². The number of rotatable bonds is 22. The molecule has 30 heteroatoms. The van der Waals surface area contributed by atoms with Crippen molar-refractivity contribution in [2.45, 2.75) is 127 Å². The van der Waals surface area contributed by atoms with Gasteiger partial charge in [-0.1, -0.05) is 92.5 Å². The summed E-state index contributed by atoms with van der Waals surface area (Å²) < 4.78 is 24.3. The van der Waals surface area contributed by atoms with Crippen molar-refractivity contribution >= 4 is 84.7 Å². The lowest BCUT2D eigenvalue weighted by Crippen LogP contribution is -2.57. The summed E-state index contributed by atoms with van der Waals surface area (Å²) in [5.41, 5.74) is 8.61. The van der Waals surface area contributed by atoms with Crippen molar-refractivity contribution < 1.29 is 33.3 Å². The number of piperazine rings is 3. The van der Waals surface area contributed by atoms with Gasteiger partial charge in [0.1, 0.15) is 37.3 Å². The van der Waals surface area contributed by atoms with E-state index in [9.17, 15) is 24.9 Å². The van der Waals surface area contributed by atoms with Crippen molar-refractivity contribution in [2.75, 3.05) is 182 Å². The summed E-state index contributed by atoms with van der Waals surface area (Å²) >= 11 is 0. The number of ether oxygens (including phenoxy) is 4. The zero-order valence-corrected chi connectivity index (χ0v) is 71.2. The molecule has 0 spiro atoms. The number of likely N-dealkylation sites (tertiary alicyclic amines) is 3. The molecule has 123 heavy (non-hydrogen) atoms. The van der Waals surface area contributed by atoms with Crippen LogP contribution >= 0.6 is 0 Å². The quantitative estimate of drug-likeness (QED) is 0.0571. The molecule has 0 bridgehead atoms. The number of hydrogen-bond acceptors (Lipinski definition) is 27. The van der Waals surface area contributed by atoms with Gasteiger partial charge in [0, 0.05) is 166 Å². The second kappa shape index (κ2) is 38.9. The molecule has 6 fully saturated rings. The first-order valence-electron chi connectivity index (χ1n) is 43.4. The smallest absolute Gasteiger partial charge is 0.318 e. The van der Waals surface area contributed by atoms with Crippen LogP contribution in [0.4, 0.5) is 34.6 Å². The Morgan fingerprint density at radius 3 is 1.28 bits per heavy atom. The molecular weight excluding hydrogens is 1550 g/mol. The van der Waals surface area contributed by atoms with Crippen LogP contribution in [0.5, 0.6) is 18.0 Å². The number of carbonyl (C=O) groups excluding carboxylic acids is 3. The van der Waals surface area contributed by atoms with Crippen molar-refractivity contribution in [3.8, 4) is 30.2 Å². The van der Waals surface area contributed by atoms with Crippen LogP contribution in [0.2, 0.25) is 0 Å². The Kier molecular flexibility index (Phi) is 26.7. The number of aromatic nitrogens is 9. The molecule has 18 rings (SSSR count). The molecule has 640 valence electrons. The molecule has 0 N–H and O–H groups in total. The number of likely N-dealkylation sites (N-methyl/N-ethyl adjacent to an activating group) is 3. The van der Waals surface area contributed by atoms with Gasteiger partial charge < -0.3 is 77.7 Å². The largest absolute Gasteiger partial charge is 0.462 e. The van der Waals surface area contributed by atoms with Gasteiger partial charge in [-0.3, -0.25) is 19.4 Å². The Hall–Kier alpha value is -12.2. The number of nitrogens with zero attached hydrogens (tertiary/aromatic N) is 23. The van der Waals surface area contributed by atoms with Gasteiger partial charge >= 0.3 is 18.0 Å². The number of hydrogen-bond donors (Lipinski definition) is 0. The Bertz CT molecular complexity index is 5190. The summed E-state index contributed by atoms with van der Waals surface area (Å²) in [5.74, 6) is 3.11. The number of benzene rings is 4. The van der Waals surface area contributed by atoms with Crippen molar-refractivity contribution in [3.05, 3.63) is 181 Å². The fourth-order valence-corrected chi connectivity index (χ4v) is 19.2. The van der Waals surface area contributed by atoms with Crippen LogP contribution in [0.15, 0.2) is 148 Å². The van der Waals surface area contributed by atoms with E-state index in [4.69, 9.17) is 48.9 Å². The lowest BCUT2D eigenvalue weighted by atomic mass is 10.0. The number of methoxy groups -OCH3 is 1. The summed E-state index contributed by atoms with van der Waals surface area (Å²) in [4.78, 5) is 97.8. The van der Waals surface area contributed by atoms with E-state index in [2.05, 4.69) is 179 Å². The van der Waals surface area contributed by atoms with Crippen LogP contribution < -0.4 is 43.6 Å². The first kappa shape index (κ1) is 84.4. The maximum absolute atomic E-state index is 12.6. The van der Waals surface area contributed by atoms with Gasteiger partial charge in [0.15, 0.2) is 5.82 Å². The van der Waals surface area contributed by atoms with E-state index < -0.39 is 0 Å². The van der Waals surface area contributed by atoms with E-state index in [1.807, 2.05) is 41.6 Å². The third-order valence-electron chi connectivity index (χ3n) is 26.0. The molecule has 4 aromatic carbocycles. The lowest BCUT2D eigenvalue weighted by molar-refractivity contribution is -0.130. The van der Waals surface area contributed by atoms with Crippen LogP contribution in [0.25, 0.3) is 32.3 Å². The maximum atomic E-state index is 12.6. The van der Waals surface area contributed by atoms with Crippen LogP contribution in [-0.4, -0.2) is 281 Å². The summed E-state index contributed by atoms with van der Waals surface area (Å²) in [6, 6.07) is 37.8. The minimum Gasteiger partial charge on any atom is -0.462 e. The normalized spacial score (nSPS) is 21.1. The third kappa shape index (κ3) is 18.8. The van der Waals surface area contributed by atoms with E-state index in [0.717, 1.165) is 163 Å². The molecule has 9 aromatic rings. The molecule has 9 aliphatic rings. The minimum atomic E-state index is -0.243. The van der Waals surface area contributed by atoms with Gasteiger partial charge in [-0.2, -0.15) is 45.5 Å². The fraction of sp³-hybridized carbons (Fsp3) is 0.462. The third-order valence-corrected chi connectivity index (χ3v) is 26.0.